The molecule has 1 saturated carbocycles. The van der Waals surface area contributed by atoms with E-state index in [2.05, 4.69) is 28.5 Å². The summed E-state index contributed by atoms with van der Waals surface area (Å²) in [5.74, 6) is 2.69. The zero-order chi connectivity index (χ0) is 11.0. The van der Waals surface area contributed by atoms with Gasteiger partial charge in [-0.05, 0) is 37.3 Å². The van der Waals surface area contributed by atoms with Gasteiger partial charge < -0.3 is 10.1 Å². The molecule has 1 aromatic carbocycles. The molecule has 1 atom stereocenters. The normalized spacial score (nSPS) is 23.8. The molecule has 0 bridgehead atoms. The number of amidine groups is 1. The van der Waals surface area contributed by atoms with Gasteiger partial charge in [-0.25, -0.2) is 4.99 Å². The summed E-state index contributed by atoms with van der Waals surface area (Å²) in [7, 11) is 0. The molecule has 0 radical (unpaired) electrons. The number of ether oxygens (including phenoxy) is 1. The molecule has 2 aliphatic rings. The molecule has 1 fully saturated rings. The molecular formula is C13H16N2O. The van der Waals surface area contributed by atoms with Crippen LogP contribution < -0.4 is 10.1 Å². The Kier molecular flexibility index (Phi) is 2.31. The van der Waals surface area contributed by atoms with Crippen molar-refractivity contribution in [2.45, 2.75) is 31.9 Å². The van der Waals surface area contributed by atoms with Crippen LogP contribution in [0, 0.1) is 0 Å². The van der Waals surface area contributed by atoms with Crippen molar-refractivity contribution in [3.8, 4) is 5.75 Å². The van der Waals surface area contributed by atoms with Gasteiger partial charge in [0, 0.05) is 0 Å². The van der Waals surface area contributed by atoms with Gasteiger partial charge in [-0.1, -0.05) is 18.2 Å². The molecule has 1 unspecified atom stereocenters. The monoisotopic (exact) mass is 216 g/mol. The smallest absolute Gasteiger partial charge is 0.208 e. The lowest BCUT2D eigenvalue weighted by Gasteiger charge is -2.13. The topological polar surface area (TPSA) is 33.6 Å². The average molecular weight is 216 g/mol. The molecule has 1 heterocycles. The number of benzene rings is 1. The molecule has 1 aromatic rings. The molecule has 0 amide bonds. The molecule has 0 saturated heterocycles. The first kappa shape index (κ1) is 9.70. The third kappa shape index (κ3) is 1.90. The molecule has 16 heavy (non-hydrogen) atoms. The van der Waals surface area contributed by atoms with Crippen LogP contribution in [-0.4, -0.2) is 18.6 Å². The predicted molar refractivity (Wildman–Crippen MR) is 63.9 cm³/mol. The fourth-order valence-corrected chi connectivity index (χ4v) is 2.08. The minimum absolute atomic E-state index is 0.0556. The highest BCUT2D eigenvalue weighted by molar-refractivity contribution is 5.81. The zero-order valence-corrected chi connectivity index (χ0v) is 9.44. The Morgan fingerprint density at radius 1 is 1.31 bits per heavy atom. The van der Waals surface area contributed by atoms with Gasteiger partial charge in [0.05, 0.1) is 12.4 Å². The van der Waals surface area contributed by atoms with Gasteiger partial charge in [0.25, 0.3) is 0 Å². The molecule has 3 rings (SSSR count). The number of nitrogens with one attached hydrogen (secondary N) is 1. The first-order chi connectivity index (χ1) is 7.83. The van der Waals surface area contributed by atoms with Crippen LogP contribution in [-0.2, 0) is 0 Å². The molecule has 1 aliphatic carbocycles. The van der Waals surface area contributed by atoms with Crippen LogP contribution in [0.5, 0.6) is 5.75 Å². The van der Waals surface area contributed by atoms with Crippen molar-refractivity contribution in [2.24, 2.45) is 4.99 Å². The quantitative estimate of drug-likeness (QED) is 0.841. The largest absolute Gasteiger partial charge is 0.467 e. The van der Waals surface area contributed by atoms with Crippen LogP contribution in [0.4, 0.5) is 0 Å². The average Bonchev–Trinajstić information content (AvgIpc) is 3.04. The second kappa shape index (κ2) is 3.81. The summed E-state index contributed by atoms with van der Waals surface area (Å²) in [6.07, 6.45) is 2.54. The number of hydrogen-bond donors (Lipinski definition) is 1. The summed E-state index contributed by atoms with van der Waals surface area (Å²) in [5, 5.41) is 3.18. The second-order valence-corrected chi connectivity index (χ2v) is 4.48. The van der Waals surface area contributed by atoms with Crippen LogP contribution in [0.3, 0.4) is 0 Å². The summed E-state index contributed by atoms with van der Waals surface area (Å²) in [4.78, 5) is 4.39. The van der Waals surface area contributed by atoms with E-state index in [9.17, 15) is 0 Å². The Bertz CT molecular complexity index is 424. The Hall–Kier alpha value is -1.51. The number of hydrogen-bond acceptors (Lipinski definition) is 3. The second-order valence-electron chi connectivity index (χ2n) is 4.48. The Balaban J connectivity index is 1.78. The lowest BCUT2D eigenvalue weighted by Crippen LogP contribution is -2.23. The minimum Gasteiger partial charge on any atom is -0.467 e. The van der Waals surface area contributed by atoms with Crippen LogP contribution in [0.1, 0.15) is 31.2 Å². The first-order valence-electron chi connectivity index (χ1n) is 5.87. The van der Waals surface area contributed by atoms with Crippen molar-refractivity contribution < 1.29 is 4.74 Å². The van der Waals surface area contributed by atoms with Gasteiger partial charge in [0.2, 0.25) is 6.23 Å². The minimum atomic E-state index is -0.0556. The van der Waals surface area contributed by atoms with E-state index in [1.165, 1.54) is 18.4 Å². The molecule has 3 nitrogen and oxygen atoms in total. The van der Waals surface area contributed by atoms with Gasteiger partial charge in [0.15, 0.2) is 0 Å². The first-order valence-corrected chi connectivity index (χ1v) is 5.87. The zero-order valence-electron chi connectivity index (χ0n) is 9.44. The third-order valence-electron chi connectivity index (χ3n) is 3.07. The van der Waals surface area contributed by atoms with Gasteiger partial charge in [-0.3, -0.25) is 0 Å². The molecule has 1 aliphatic heterocycles. The number of aliphatic imine (C=N–C) groups is 1. The maximum atomic E-state index is 5.93. The fraction of sp³-hybridized carbons (Fsp3) is 0.462. The predicted octanol–water partition coefficient (Wildman–Crippen LogP) is 2.29. The molecule has 1 N–H and O–H groups in total. The summed E-state index contributed by atoms with van der Waals surface area (Å²) >= 11 is 0. The summed E-state index contributed by atoms with van der Waals surface area (Å²) in [6, 6.07) is 8.34. The number of rotatable bonds is 3. The van der Waals surface area contributed by atoms with Crippen molar-refractivity contribution in [1.82, 2.24) is 5.32 Å². The van der Waals surface area contributed by atoms with Crippen LogP contribution in [0.15, 0.2) is 29.3 Å². The summed E-state index contributed by atoms with van der Waals surface area (Å²) < 4.78 is 5.93. The molecule has 3 heteroatoms. The maximum Gasteiger partial charge on any atom is 0.208 e. The molecule has 0 aromatic heterocycles. The van der Waals surface area contributed by atoms with E-state index in [-0.39, 0.29) is 6.23 Å². The lowest BCUT2D eigenvalue weighted by molar-refractivity contribution is 0.222. The summed E-state index contributed by atoms with van der Waals surface area (Å²) in [5.41, 5.74) is 1.35. The van der Waals surface area contributed by atoms with E-state index < -0.39 is 0 Å². The Morgan fingerprint density at radius 2 is 2.12 bits per heavy atom. The highest BCUT2D eigenvalue weighted by Gasteiger charge is 2.27. The fourth-order valence-electron chi connectivity index (χ4n) is 2.08. The van der Waals surface area contributed by atoms with E-state index in [1.807, 2.05) is 13.0 Å². The van der Waals surface area contributed by atoms with E-state index in [0.29, 0.717) is 0 Å². The van der Waals surface area contributed by atoms with E-state index in [0.717, 1.165) is 24.0 Å². The Labute approximate surface area is 95.5 Å². The van der Waals surface area contributed by atoms with Gasteiger partial charge in [-0.2, -0.15) is 0 Å². The highest BCUT2D eigenvalue weighted by atomic mass is 16.5. The number of para-hydroxylation sites is 1. The maximum absolute atomic E-state index is 5.93. The van der Waals surface area contributed by atoms with Gasteiger partial charge in [0.1, 0.15) is 5.75 Å². The van der Waals surface area contributed by atoms with Gasteiger partial charge >= 0.3 is 0 Å². The van der Waals surface area contributed by atoms with Gasteiger partial charge in [-0.15, -0.1) is 0 Å². The number of nitrogens with zero attached hydrogens (tertiary/aromatic N) is 1. The van der Waals surface area contributed by atoms with Crippen molar-refractivity contribution in [2.75, 3.05) is 6.54 Å². The van der Waals surface area contributed by atoms with Crippen molar-refractivity contribution in [3.63, 3.8) is 0 Å². The van der Waals surface area contributed by atoms with Crippen molar-refractivity contribution in [1.29, 1.82) is 0 Å². The lowest BCUT2D eigenvalue weighted by atomic mass is 10.1. The van der Waals surface area contributed by atoms with E-state index >= 15 is 0 Å². The van der Waals surface area contributed by atoms with Crippen LogP contribution in [0.2, 0.25) is 0 Å². The molecule has 0 spiro atoms. The highest BCUT2D eigenvalue weighted by Crippen LogP contribution is 2.44. The third-order valence-corrected chi connectivity index (χ3v) is 3.07. The summed E-state index contributed by atoms with van der Waals surface area (Å²) in [6.45, 7) is 2.75. The Morgan fingerprint density at radius 3 is 2.81 bits per heavy atom. The molecular weight excluding hydrogens is 200 g/mol. The van der Waals surface area contributed by atoms with E-state index in [1.54, 1.807) is 0 Å². The van der Waals surface area contributed by atoms with Crippen LogP contribution >= 0.6 is 0 Å². The molecule has 84 valence electrons. The van der Waals surface area contributed by atoms with Crippen LogP contribution in [0.25, 0.3) is 0 Å². The van der Waals surface area contributed by atoms with E-state index in [4.69, 9.17) is 4.74 Å². The standard InChI is InChI=1S/C13H16N2O/c1-9-14-8-13(15-9)16-12-5-3-2-4-11(12)10-6-7-10/h2-5,10,13H,6-8H2,1H3,(H,14,15). The SMILES string of the molecule is CC1=NC(Oc2ccccc2C2CC2)CN1. The van der Waals surface area contributed by atoms with Crippen molar-refractivity contribution >= 4 is 5.84 Å². The van der Waals surface area contributed by atoms with Crippen molar-refractivity contribution in [3.05, 3.63) is 29.8 Å².